The standard InChI is InChI=1S/C11H23O2/c1-4-11(2,3)13-10-8-6-5-7-9-12/h4-10H2,1-3H3. The van der Waals surface area contributed by atoms with Crippen molar-refractivity contribution in [2.24, 2.45) is 0 Å². The van der Waals surface area contributed by atoms with E-state index < -0.39 is 0 Å². The molecule has 0 fully saturated rings. The van der Waals surface area contributed by atoms with Gasteiger partial charge in [-0.2, -0.15) is 0 Å². The van der Waals surface area contributed by atoms with Crippen LogP contribution in [0.1, 0.15) is 52.9 Å². The molecule has 0 N–H and O–H groups in total. The molecule has 13 heavy (non-hydrogen) atoms. The Labute approximate surface area is 82.3 Å². The van der Waals surface area contributed by atoms with Crippen LogP contribution in [-0.2, 0) is 9.84 Å². The third kappa shape index (κ3) is 8.26. The highest BCUT2D eigenvalue weighted by atomic mass is 16.5. The fourth-order valence-corrected chi connectivity index (χ4v) is 1.01. The Kier molecular flexibility index (Phi) is 7.29. The molecule has 0 atom stereocenters. The van der Waals surface area contributed by atoms with E-state index in [0.717, 1.165) is 38.7 Å². The average Bonchev–Trinajstić information content (AvgIpc) is 2.11. The second-order valence-corrected chi connectivity index (χ2v) is 4.08. The van der Waals surface area contributed by atoms with Crippen molar-refractivity contribution in [2.45, 2.75) is 58.5 Å². The van der Waals surface area contributed by atoms with Crippen molar-refractivity contribution in [3.05, 3.63) is 0 Å². The molecule has 0 saturated carbocycles. The van der Waals surface area contributed by atoms with Gasteiger partial charge in [0.05, 0.1) is 12.2 Å². The molecule has 0 aromatic heterocycles. The van der Waals surface area contributed by atoms with E-state index in [2.05, 4.69) is 20.8 Å². The van der Waals surface area contributed by atoms with Crippen LogP contribution in [0.25, 0.3) is 0 Å². The normalized spacial score (nSPS) is 12.0. The number of unbranched alkanes of at least 4 members (excludes halogenated alkanes) is 3. The van der Waals surface area contributed by atoms with Crippen molar-refractivity contribution in [1.82, 2.24) is 0 Å². The SMILES string of the molecule is CCC(C)(C)OCCCCCC[O]. The largest absolute Gasteiger partial charge is 0.376 e. The van der Waals surface area contributed by atoms with Crippen molar-refractivity contribution in [2.75, 3.05) is 13.2 Å². The van der Waals surface area contributed by atoms with E-state index in [1.165, 1.54) is 0 Å². The van der Waals surface area contributed by atoms with Crippen molar-refractivity contribution in [3.63, 3.8) is 0 Å². The van der Waals surface area contributed by atoms with Gasteiger partial charge >= 0.3 is 0 Å². The van der Waals surface area contributed by atoms with Gasteiger partial charge in [0.2, 0.25) is 0 Å². The monoisotopic (exact) mass is 187 g/mol. The van der Waals surface area contributed by atoms with Crippen molar-refractivity contribution in [1.29, 1.82) is 0 Å². The Morgan fingerprint density at radius 2 is 1.69 bits per heavy atom. The van der Waals surface area contributed by atoms with Crippen LogP contribution in [0.4, 0.5) is 0 Å². The number of ether oxygens (including phenoxy) is 1. The molecule has 0 aliphatic carbocycles. The Morgan fingerprint density at radius 1 is 1.08 bits per heavy atom. The molecule has 2 nitrogen and oxygen atoms in total. The van der Waals surface area contributed by atoms with Gasteiger partial charge in [0, 0.05) is 6.61 Å². The molecule has 0 aliphatic rings. The van der Waals surface area contributed by atoms with E-state index in [4.69, 9.17) is 4.74 Å². The summed E-state index contributed by atoms with van der Waals surface area (Å²) in [5.74, 6) is 0. The van der Waals surface area contributed by atoms with Gasteiger partial charge in [0.25, 0.3) is 0 Å². The minimum atomic E-state index is 0.0263. The third-order valence-corrected chi connectivity index (χ3v) is 2.38. The van der Waals surface area contributed by atoms with Crippen LogP contribution in [0.3, 0.4) is 0 Å². The fourth-order valence-electron chi connectivity index (χ4n) is 1.01. The van der Waals surface area contributed by atoms with Crippen LogP contribution in [0, 0.1) is 0 Å². The summed E-state index contributed by atoms with van der Waals surface area (Å²) in [6.45, 7) is 7.27. The zero-order valence-electron chi connectivity index (χ0n) is 9.27. The summed E-state index contributed by atoms with van der Waals surface area (Å²) in [5, 5.41) is 10.1. The zero-order chi connectivity index (χ0) is 10.2. The van der Waals surface area contributed by atoms with Crippen LogP contribution in [-0.4, -0.2) is 18.8 Å². The molecule has 0 amide bonds. The van der Waals surface area contributed by atoms with Crippen LogP contribution >= 0.6 is 0 Å². The van der Waals surface area contributed by atoms with E-state index in [9.17, 15) is 5.11 Å². The fraction of sp³-hybridized carbons (Fsp3) is 1.00. The minimum Gasteiger partial charge on any atom is -0.376 e. The Morgan fingerprint density at radius 3 is 2.23 bits per heavy atom. The minimum absolute atomic E-state index is 0.0263. The average molecular weight is 187 g/mol. The number of hydrogen-bond acceptors (Lipinski definition) is 1. The van der Waals surface area contributed by atoms with Crippen molar-refractivity contribution < 1.29 is 9.84 Å². The first-order valence-corrected chi connectivity index (χ1v) is 5.34. The topological polar surface area (TPSA) is 29.1 Å². The lowest BCUT2D eigenvalue weighted by Gasteiger charge is -2.23. The first kappa shape index (κ1) is 12.9. The lowest BCUT2D eigenvalue weighted by molar-refractivity contribution is -0.0218. The van der Waals surface area contributed by atoms with Gasteiger partial charge in [0.15, 0.2) is 0 Å². The maximum atomic E-state index is 10.1. The van der Waals surface area contributed by atoms with Gasteiger partial charge < -0.3 is 4.74 Å². The van der Waals surface area contributed by atoms with Gasteiger partial charge in [-0.05, 0) is 33.1 Å². The van der Waals surface area contributed by atoms with Gasteiger partial charge in [-0.25, -0.2) is 5.11 Å². The predicted molar refractivity (Wildman–Crippen MR) is 54.3 cm³/mol. The van der Waals surface area contributed by atoms with Crippen molar-refractivity contribution >= 4 is 0 Å². The Balaban J connectivity index is 3.16. The van der Waals surface area contributed by atoms with Gasteiger partial charge in [0.1, 0.15) is 0 Å². The van der Waals surface area contributed by atoms with E-state index in [1.807, 2.05) is 0 Å². The van der Waals surface area contributed by atoms with E-state index >= 15 is 0 Å². The molecule has 0 spiro atoms. The van der Waals surface area contributed by atoms with Gasteiger partial charge in [-0.1, -0.05) is 19.8 Å². The first-order chi connectivity index (χ1) is 6.12. The second-order valence-electron chi connectivity index (χ2n) is 4.08. The number of rotatable bonds is 8. The molecular weight excluding hydrogens is 164 g/mol. The van der Waals surface area contributed by atoms with E-state index in [1.54, 1.807) is 0 Å². The molecule has 0 unspecified atom stereocenters. The summed E-state index contributed by atoms with van der Waals surface area (Å²) in [6, 6.07) is 0. The van der Waals surface area contributed by atoms with Gasteiger partial charge in [-0.3, -0.25) is 0 Å². The molecule has 0 bridgehead atoms. The lowest BCUT2D eigenvalue weighted by Crippen LogP contribution is -2.23. The van der Waals surface area contributed by atoms with Gasteiger partial charge in [-0.15, -0.1) is 0 Å². The molecule has 79 valence electrons. The smallest absolute Gasteiger partial charge is 0.0822 e. The highest BCUT2D eigenvalue weighted by molar-refractivity contribution is 4.64. The molecule has 0 aromatic carbocycles. The Bertz CT molecular complexity index is 111. The van der Waals surface area contributed by atoms with E-state index in [-0.39, 0.29) is 12.2 Å². The molecule has 2 heteroatoms. The van der Waals surface area contributed by atoms with Crippen molar-refractivity contribution in [3.8, 4) is 0 Å². The molecule has 0 aliphatic heterocycles. The summed E-state index contributed by atoms with van der Waals surface area (Å²) in [6.07, 6.45) is 5.13. The van der Waals surface area contributed by atoms with E-state index in [0.29, 0.717) is 0 Å². The quantitative estimate of drug-likeness (QED) is 0.536. The third-order valence-electron chi connectivity index (χ3n) is 2.38. The van der Waals surface area contributed by atoms with Crippen LogP contribution in [0.5, 0.6) is 0 Å². The lowest BCUT2D eigenvalue weighted by atomic mass is 10.1. The number of hydrogen-bond donors (Lipinski definition) is 0. The summed E-state index contributed by atoms with van der Waals surface area (Å²) in [7, 11) is 0. The molecule has 0 rings (SSSR count). The van der Waals surface area contributed by atoms with Crippen LogP contribution < -0.4 is 0 Å². The summed E-state index contributed by atoms with van der Waals surface area (Å²) in [5.41, 5.74) is 0.0263. The molecular formula is C11H23O2. The maximum absolute atomic E-state index is 10.1. The molecule has 0 saturated heterocycles. The van der Waals surface area contributed by atoms with Crippen LogP contribution in [0.15, 0.2) is 0 Å². The zero-order valence-corrected chi connectivity index (χ0v) is 9.27. The first-order valence-electron chi connectivity index (χ1n) is 5.34. The maximum Gasteiger partial charge on any atom is 0.0822 e. The highest BCUT2D eigenvalue weighted by Gasteiger charge is 2.13. The van der Waals surface area contributed by atoms with Crippen LogP contribution in [0.2, 0.25) is 0 Å². The second kappa shape index (κ2) is 7.34. The molecule has 1 radical (unpaired) electrons. The molecule has 0 aromatic rings. The summed E-state index contributed by atoms with van der Waals surface area (Å²) in [4.78, 5) is 0. The Hall–Kier alpha value is -0.0800. The summed E-state index contributed by atoms with van der Waals surface area (Å²) >= 11 is 0. The molecule has 0 heterocycles. The predicted octanol–water partition coefficient (Wildman–Crippen LogP) is 3.18. The summed E-state index contributed by atoms with van der Waals surface area (Å²) < 4.78 is 5.68. The highest BCUT2D eigenvalue weighted by Crippen LogP contribution is 2.14.